The van der Waals surface area contributed by atoms with Crippen LogP contribution >= 0.6 is 11.3 Å². The molecule has 3 aromatic rings. The van der Waals surface area contributed by atoms with Crippen molar-refractivity contribution in [1.82, 2.24) is 20.0 Å². The highest BCUT2D eigenvalue weighted by Gasteiger charge is 2.49. The zero-order valence-corrected chi connectivity index (χ0v) is 29.0. The summed E-state index contributed by atoms with van der Waals surface area (Å²) in [6.07, 6.45) is 8.87. The molecule has 2 aliphatic carbocycles. The minimum Gasteiger partial charge on any atom is -0.475 e. The van der Waals surface area contributed by atoms with E-state index in [1.165, 1.54) is 16.2 Å². The van der Waals surface area contributed by atoms with Gasteiger partial charge in [-0.25, -0.2) is 9.97 Å². The molecule has 0 amide bonds. The van der Waals surface area contributed by atoms with E-state index < -0.39 is 11.0 Å². The smallest absolute Gasteiger partial charge is 0.220 e. The van der Waals surface area contributed by atoms with Gasteiger partial charge in [0.25, 0.3) is 0 Å². The monoisotopic (exact) mass is 671 g/mol. The van der Waals surface area contributed by atoms with Gasteiger partial charge in [0.15, 0.2) is 17.3 Å². The van der Waals surface area contributed by atoms with Crippen molar-refractivity contribution in [1.29, 1.82) is 10.7 Å². The molecule has 3 aromatic heterocycles. The zero-order chi connectivity index (χ0) is 33.5. The normalized spacial score (nSPS) is 30.5. The van der Waals surface area contributed by atoms with E-state index in [9.17, 15) is 10.4 Å². The highest BCUT2D eigenvalue weighted by atomic mass is 32.1. The Morgan fingerprint density at radius 3 is 2.73 bits per heavy atom. The van der Waals surface area contributed by atoms with Crippen LogP contribution in [0.5, 0.6) is 0 Å². The third kappa shape index (κ3) is 4.82. The first kappa shape index (κ1) is 31.5. The van der Waals surface area contributed by atoms with E-state index in [2.05, 4.69) is 42.1 Å². The van der Waals surface area contributed by atoms with E-state index in [0.717, 1.165) is 74.7 Å². The molecule has 6 unspecified atom stereocenters. The fourth-order valence-corrected chi connectivity index (χ4v) is 10.4. The fraction of sp³-hybridized carbons (Fsp3) is 0.629. The molecule has 0 aromatic carbocycles. The Morgan fingerprint density at radius 2 is 1.98 bits per heavy atom. The van der Waals surface area contributed by atoms with Gasteiger partial charge in [-0.15, -0.1) is 11.3 Å². The number of rotatable bonds is 4. The molecule has 1 spiro atoms. The van der Waals surface area contributed by atoms with Gasteiger partial charge in [0.05, 0.1) is 22.6 Å². The Morgan fingerprint density at radius 1 is 1.19 bits per heavy atom. The Hall–Kier alpha value is -3.73. The number of fused-ring (bicyclic) bond motifs is 7. The molecule has 8 rings (SSSR count). The Bertz CT molecular complexity index is 1820. The number of nitrogens with one attached hydrogen (secondary N) is 2. The summed E-state index contributed by atoms with van der Waals surface area (Å²) >= 11 is 1.53. The van der Waals surface area contributed by atoms with Crippen LogP contribution in [-0.2, 0) is 23.0 Å². The maximum atomic E-state index is 11.2. The summed E-state index contributed by atoms with van der Waals surface area (Å²) in [5.74, 6) is 2.37. The second kappa shape index (κ2) is 11.4. The standard InChI is InChI=1S/C35H45N9O3S/c1-18-9-10-23(43(18)4)19(2)39-31-25-29(37)46-16-20-11-14-34(3,45)17-44(20)33(25)41-32(40-31)27-21-7-5-12-35(28(21)47-42-27)13-6-8-24-26(35)22(15-36)30(38)48-24/h18-20,23,37,45H,5-14,16-17,38H2,1-4H3,(H,39,40,41). The third-order valence-electron chi connectivity index (χ3n) is 11.9. The van der Waals surface area contributed by atoms with Crippen LogP contribution in [0, 0.1) is 16.7 Å². The van der Waals surface area contributed by atoms with Gasteiger partial charge in [-0.2, -0.15) is 5.26 Å². The summed E-state index contributed by atoms with van der Waals surface area (Å²) in [5, 5.41) is 39.4. The number of nitriles is 1. The fourth-order valence-electron chi connectivity index (χ4n) is 9.23. The van der Waals surface area contributed by atoms with E-state index in [0.29, 0.717) is 70.9 Å². The Kier molecular flexibility index (Phi) is 7.50. The van der Waals surface area contributed by atoms with Gasteiger partial charge in [-0.05, 0) is 97.6 Å². The first-order chi connectivity index (χ1) is 23.0. The number of thiophene rings is 1. The molecule has 2 saturated heterocycles. The topological polar surface area (TPSA) is 173 Å². The number of piperidine rings is 1. The molecule has 48 heavy (non-hydrogen) atoms. The van der Waals surface area contributed by atoms with Crippen molar-refractivity contribution in [2.75, 3.05) is 36.1 Å². The molecular formula is C35H45N9O3S. The molecule has 0 radical (unpaired) electrons. The molecule has 12 nitrogen and oxygen atoms in total. The average Bonchev–Trinajstić information content (AvgIpc) is 3.72. The average molecular weight is 672 g/mol. The second-order valence-electron chi connectivity index (χ2n) is 15.0. The maximum Gasteiger partial charge on any atom is 0.220 e. The first-order valence-electron chi connectivity index (χ1n) is 17.4. The third-order valence-corrected chi connectivity index (χ3v) is 13.0. The largest absolute Gasteiger partial charge is 0.475 e. The number of aromatic nitrogens is 3. The van der Waals surface area contributed by atoms with Crippen molar-refractivity contribution in [2.24, 2.45) is 0 Å². The van der Waals surface area contributed by atoms with Crippen LogP contribution in [0.2, 0.25) is 0 Å². The summed E-state index contributed by atoms with van der Waals surface area (Å²) in [7, 11) is 2.17. The summed E-state index contributed by atoms with van der Waals surface area (Å²) in [5.41, 5.74) is 8.72. The lowest BCUT2D eigenvalue weighted by Crippen LogP contribution is -2.53. The van der Waals surface area contributed by atoms with Crippen LogP contribution < -0.4 is 16.0 Å². The number of nitrogens with zero attached hydrogens (tertiary/aromatic N) is 6. The predicted octanol–water partition coefficient (Wildman–Crippen LogP) is 4.96. The lowest BCUT2D eigenvalue weighted by molar-refractivity contribution is 0.0318. The van der Waals surface area contributed by atoms with Crippen molar-refractivity contribution < 1.29 is 14.4 Å². The number of likely N-dealkylation sites (tertiary alicyclic amines) is 1. The molecule has 5 N–H and O–H groups in total. The van der Waals surface area contributed by atoms with Crippen LogP contribution in [0.15, 0.2) is 4.52 Å². The van der Waals surface area contributed by atoms with Gasteiger partial charge in [-0.1, -0.05) is 5.16 Å². The van der Waals surface area contributed by atoms with Crippen molar-refractivity contribution >= 4 is 33.9 Å². The predicted molar refractivity (Wildman–Crippen MR) is 185 cm³/mol. The zero-order valence-electron chi connectivity index (χ0n) is 28.2. The number of ether oxygens (including phenoxy) is 1. The van der Waals surface area contributed by atoms with Crippen molar-refractivity contribution in [2.45, 2.75) is 120 Å². The van der Waals surface area contributed by atoms with E-state index in [1.54, 1.807) is 0 Å². The van der Waals surface area contributed by atoms with Crippen LogP contribution in [0.25, 0.3) is 11.5 Å². The molecule has 13 heteroatoms. The summed E-state index contributed by atoms with van der Waals surface area (Å²) in [4.78, 5) is 16.0. The number of aliphatic hydroxyl groups is 1. The van der Waals surface area contributed by atoms with Crippen LogP contribution in [0.4, 0.5) is 16.6 Å². The minimum absolute atomic E-state index is 0.0309. The van der Waals surface area contributed by atoms with Crippen molar-refractivity contribution in [3.8, 4) is 17.6 Å². The van der Waals surface area contributed by atoms with Gasteiger partial charge >= 0.3 is 0 Å². The second-order valence-corrected chi connectivity index (χ2v) is 16.2. The maximum absolute atomic E-state index is 11.2. The quantitative estimate of drug-likeness (QED) is 0.295. The molecular weight excluding hydrogens is 627 g/mol. The number of nitrogen functional groups attached to an aromatic ring is 1. The molecule has 0 saturated carbocycles. The number of hydrogen-bond donors (Lipinski definition) is 4. The summed E-state index contributed by atoms with van der Waals surface area (Å²) in [6.45, 7) is 7.00. The molecule has 2 fully saturated rings. The SMILES string of the molecule is CC(Nc1nc(-c2noc3c2CCCC32CCCc3sc(N)c(C#N)c32)nc2c1C(=N)OCC1CCC(C)(O)CN21)C1CCC(C)N1C. The van der Waals surface area contributed by atoms with E-state index in [4.69, 9.17) is 35.5 Å². The van der Waals surface area contributed by atoms with Gasteiger partial charge in [0.2, 0.25) is 5.90 Å². The van der Waals surface area contributed by atoms with E-state index in [1.807, 2.05) is 6.92 Å². The highest BCUT2D eigenvalue weighted by Crippen LogP contribution is 2.55. The minimum atomic E-state index is -0.909. The Balaban J connectivity index is 1.28. The van der Waals surface area contributed by atoms with Gasteiger partial charge in [0, 0.05) is 35.1 Å². The summed E-state index contributed by atoms with van der Waals surface area (Å²) < 4.78 is 12.4. The molecule has 0 bridgehead atoms. The first-order valence-corrected chi connectivity index (χ1v) is 18.3. The number of nitrogens with two attached hydrogens (primary N) is 1. The number of aryl methyl sites for hydroxylation is 1. The van der Waals surface area contributed by atoms with Crippen LogP contribution in [0.1, 0.15) is 105 Å². The number of anilines is 3. The van der Waals surface area contributed by atoms with Gasteiger partial charge in [0.1, 0.15) is 34.9 Å². The molecule has 6 heterocycles. The van der Waals surface area contributed by atoms with Crippen molar-refractivity contribution in [3.63, 3.8) is 0 Å². The lowest BCUT2D eigenvalue weighted by Gasteiger charge is -2.42. The van der Waals surface area contributed by atoms with E-state index >= 15 is 0 Å². The molecule has 5 aliphatic rings. The molecule has 6 atom stereocenters. The van der Waals surface area contributed by atoms with Crippen LogP contribution in [0.3, 0.4) is 0 Å². The molecule has 254 valence electrons. The number of likely N-dealkylation sites (N-methyl/N-ethyl adjacent to an activating group) is 1. The van der Waals surface area contributed by atoms with Gasteiger partial charge in [-0.3, -0.25) is 10.3 Å². The lowest BCUT2D eigenvalue weighted by atomic mass is 9.63. The summed E-state index contributed by atoms with van der Waals surface area (Å²) in [6, 6.07) is 3.19. The van der Waals surface area contributed by atoms with Crippen molar-refractivity contribution in [3.05, 3.63) is 32.9 Å². The Labute approximate surface area is 285 Å². The van der Waals surface area contributed by atoms with Crippen LogP contribution in [-0.4, -0.2) is 81.0 Å². The molecule has 3 aliphatic heterocycles. The van der Waals surface area contributed by atoms with Gasteiger partial charge < -0.3 is 30.3 Å². The van der Waals surface area contributed by atoms with E-state index in [-0.39, 0.29) is 18.0 Å². The highest BCUT2D eigenvalue weighted by molar-refractivity contribution is 7.16. The number of hydrogen-bond acceptors (Lipinski definition) is 13.